The summed E-state index contributed by atoms with van der Waals surface area (Å²) in [5.74, 6) is 0.167. The molecule has 2 rings (SSSR count). The normalized spacial score (nSPS) is 22.3. The molecule has 2 atom stereocenters. The molecular formula is C15H22N2O2. The third-order valence-corrected chi connectivity index (χ3v) is 3.86. The van der Waals surface area contributed by atoms with Crippen LogP contribution in [0.25, 0.3) is 0 Å². The van der Waals surface area contributed by atoms with Gasteiger partial charge in [-0.1, -0.05) is 6.42 Å². The van der Waals surface area contributed by atoms with E-state index in [2.05, 4.69) is 5.32 Å². The van der Waals surface area contributed by atoms with Gasteiger partial charge in [0.1, 0.15) is 0 Å². The van der Waals surface area contributed by atoms with Gasteiger partial charge in [-0.3, -0.25) is 4.79 Å². The molecule has 1 saturated carbocycles. The quantitative estimate of drug-likeness (QED) is 0.867. The van der Waals surface area contributed by atoms with Gasteiger partial charge in [-0.25, -0.2) is 0 Å². The molecule has 4 heteroatoms. The predicted octanol–water partition coefficient (Wildman–Crippen LogP) is 1.64. The van der Waals surface area contributed by atoms with E-state index < -0.39 is 0 Å². The van der Waals surface area contributed by atoms with E-state index in [4.69, 9.17) is 0 Å². The molecule has 1 aromatic rings. The lowest BCUT2D eigenvalue weighted by Gasteiger charge is -2.19. The zero-order valence-corrected chi connectivity index (χ0v) is 11.6. The van der Waals surface area contributed by atoms with E-state index in [9.17, 15) is 9.90 Å². The SMILES string of the molecule is CN(C)c1ccc(C(=O)NC2CCCC2CO)cc1. The number of benzene rings is 1. The molecule has 2 unspecified atom stereocenters. The van der Waals surface area contributed by atoms with Crippen LogP contribution in [0.4, 0.5) is 5.69 Å². The number of aliphatic hydroxyl groups is 1. The smallest absolute Gasteiger partial charge is 0.251 e. The number of anilines is 1. The first-order valence-corrected chi connectivity index (χ1v) is 6.81. The van der Waals surface area contributed by atoms with Crippen molar-refractivity contribution in [1.82, 2.24) is 5.32 Å². The summed E-state index contributed by atoms with van der Waals surface area (Å²) in [5, 5.41) is 12.3. The van der Waals surface area contributed by atoms with Gasteiger partial charge >= 0.3 is 0 Å². The monoisotopic (exact) mass is 262 g/mol. The zero-order valence-electron chi connectivity index (χ0n) is 11.6. The van der Waals surface area contributed by atoms with Crippen molar-refractivity contribution < 1.29 is 9.90 Å². The Bertz CT molecular complexity index is 428. The summed E-state index contributed by atoms with van der Waals surface area (Å²) in [4.78, 5) is 14.1. The van der Waals surface area contributed by atoms with Gasteiger partial charge in [-0.15, -0.1) is 0 Å². The number of carbonyl (C=O) groups excluding carboxylic acids is 1. The van der Waals surface area contributed by atoms with Gasteiger partial charge in [-0.2, -0.15) is 0 Å². The van der Waals surface area contributed by atoms with Crippen LogP contribution < -0.4 is 10.2 Å². The summed E-state index contributed by atoms with van der Waals surface area (Å²) < 4.78 is 0. The molecule has 0 radical (unpaired) electrons. The highest BCUT2D eigenvalue weighted by Crippen LogP contribution is 2.25. The summed E-state index contributed by atoms with van der Waals surface area (Å²) in [5.41, 5.74) is 1.75. The minimum absolute atomic E-state index is 0.0457. The molecule has 1 fully saturated rings. The Labute approximate surface area is 114 Å². The Morgan fingerprint density at radius 3 is 2.58 bits per heavy atom. The molecule has 1 aromatic carbocycles. The van der Waals surface area contributed by atoms with Gasteiger partial charge < -0.3 is 15.3 Å². The molecule has 0 aromatic heterocycles. The van der Waals surface area contributed by atoms with E-state index in [1.54, 1.807) is 0 Å². The number of aliphatic hydroxyl groups excluding tert-OH is 1. The fourth-order valence-electron chi connectivity index (χ4n) is 2.61. The summed E-state index contributed by atoms with van der Waals surface area (Å²) >= 11 is 0. The second-order valence-corrected chi connectivity index (χ2v) is 5.39. The molecule has 0 saturated heterocycles. The minimum Gasteiger partial charge on any atom is -0.396 e. The second-order valence-electron chi connectivity index (χ2n) is 5.39. The molecule has 1 aliphatic rings. The number of nitrogens with zero attached hydrogens (tertiary/aromatic N) is 1. The van der Waals surface area contributed by atoms with Gasteiger partial charge in [0, 0.05) is 43.9 Å². The van der Waals surface area contributed by atoms with Gasteiger partial charge in [0.15, 0.2) is 0 Å². The van der Waals surface area contributed by atoms with Crippen molar-refractivity contribution in [3.05, 3.63) is 29.8 Å². The molecule has 1 amide bonds. The topological polar surface area (TPSA) is 52.6 Å². The largest absolute Gasteiger partial charge is 0.396 e. The first-order valence-electron chi connectivity index (χ1n) is 6.81. The Morgan fingerprint density at radius 1 is 1.32 bits per heavy atom. The lowest BCUT2D eigenvalue weighted by atomic mass is 10.0. The molecule has 4 nitrogen and oxygen atoms in total. The molecular weight excluding hydrogens is 240 g/mol. The highest BCUT2D eigenvalue weighted by atomic mass is 16.3. The maximum absolute atomic E-state index is 12.1. The Morgan fingerprint density at radius 2 is 2.00 bits per heavy atom. The van der Waals surface area contributed by atoms with E-state index >= 15 is 0 Å². The Hall–Kier alpha value is -1.55. The fraction of sp³-hybridized carbons (Fsp3) is 0.533. The molecule has 0 heterocycles. The third-order valence-electron chi connectivity index (χ3n) is 3.86. The van der Waals surface area contributed by atoms with E-state index in [1.807, 2.05) is 43.3 Å². The van der Waals surface area contributed by atoms with Crippen LogP contribution in [0.15, 0.2) is 24.3 Å². The number of carbonyl (C=O) groups is 1. The lowest BCUT2D eigenvalue weighted by molar-refractivity contribution is 0.0916. The molecule has 0 aliphatic heterocycles. The lowest BCUT2D eigenvalue weighted by Crippen LogP contribution is -2.38. The molecule has 104 valence electrons. The maximum Gasteiger partial charge on any atom is 0.251 e. The van der Waals surface area contributed by atoms with Crippen LogP contribution in [0.2, 0.25) is 0 Å². The molecule has 0 spiro atoms. The molecule has 2 N–H and O–H groups in total. The predicted molar refractivity (Wildman–Crippen MR) is 76.5 cm³/mol. The van der Waals surface area contributed by atoms with E-state index in [-0.39, 0.29) is 24.5 Å². The number of amides is 1. The summed E-state index contributed by atoms with van der Waals surface area (Å²) in [7, 11) is 3.94. The van der Waals surface area contributed by atoms with Crippen LogP contribution in [0.1, 0.15) is 29.6 Å². The van der Waals surface area contributed by atoms with Crippen molar-refractivity contribution >= 4 is 11.6 Å². The fourth-order valence-corrected chi connectivity index (χ4v) is 2.61. The van der Waals surface area contributed by atoms with Crippen molar-refractivity contribution in [3.8, 4) is 0 Å². The van der Waals surface area contributed by atoms with Crippen LogP contribution in [-0.2, 0) is 0 Å². The summed E-state index contributed by atoms with van der Waals surface area (Å²) in [6.07, 6.45) is 3.05. The highest BCUT2D eigenvalue weighted by Gasteiger charge is 2.27. The average Bonchev–Trinajstić information content (AvgIpc) is 2.86. The zero-order chi connectivity index (χ0) is 13.8. The van der Waals surface area contributed by atoms with E-state index in [0.717, 1.165) is 24.9 Å². The van der Waals surface area contributed by atoms with Crippen molar-refractivity contribution in [2.24, 2.45) is 5.92 Å². The molecule has 1 aliphatic carbocycles. The molecule has 0 bridgehead atoms. The van der Waals surface area contributed by atoms with Gasteiger partial charge in [0.25, 0.3) is 5.91 Å². The van der Waals surface area contributed by atoms with Crippen LogP contribution in [0.5, 0.6) is 0 Å². The van der Waals surface area contributed by atoms with Crippen molar-refractivity contribution in [2.45, 2.75) is 25.3 Å². The summed E-state index contributed by atoms with van der Waals surface area (Å²) in [6, 6.07) is 7.67. The van der Waals surface area contributed by atoms with Gasteiger partial charge in [0.2, 0.25) is 0 Å². The van der Waals surface area contributed by atoms with E-state index in [0.29, 0.717) is 5.56 Å². The van der Waals surface area contributed by atoms with Crippen LogP contribution in [0, 0.1) is 5.92 Å². The van der Waals surface area contributed by atoms with Crippen LogP contribution >= 0.6 is 0 Å². The van der Waals surface area contributed by atoms with E-state index in [1.165, 1.54) is 0 Å². The van der Waals surface area contributed by atoms with Crippen molar-refractivity contribution in [3.63, 3.8) is 0 Å². The van der Waals surface area contributed by atoms with Crippen molar-refractivity contribution in [1.29, 1.82) is 0 Å². The Kier molecular flexibility index (Phi) is 4.43. The van der Waals surface area contributed by atoms with Crippen LogP contribution in [0.3, 0.4) is 0 Å². The first kappa shape index (κ1) is 13.9. The number of nitrogens with one attached hydrogen (secondary N) is 1. The Balaban J connectivity index is 1.99. The average molecular weight is 262 g/mol. The second kappa shape index (κ2) is 6.06. The highest BCUT2D eigenvalue weighted by molar-refractivity contribution is 5.94. The first-order chi connectivity index (χ1) is 9.11. The van der Waals surface area contributed by atoms with Gasteiger partial charge in [-0.05, 0) is 37.1 Å². The van der Waals surface area contributed by atoms with Crippen LogP contribution in [-0.4, -0.2) is 37.8 Å². The minimum atomic E-state index is -0.0457. The third kappa shape index (κ3) is 3.26. The van der Waals surface area contributed by atoms with Crippen molar-refractivity contribution in [2.75, 3.05) is 25.6 Å². The number of rotatable bonds is 4. The summed E-state index contributed by atoms with van der Waals surface area (Å²) in [6.45, 7) is 0.157. The van der Waals surface area contributed by atoms with Gasteiger partial charge in [0.05, 0.1) is 0 Å². The molecule has 19 heavy (non-hydrogen) atoms. The number of hydrogen-bond acceptors (Lipinski definition) is 3. The standard InChI is InChI=1S/C15H22N2O2/c1-17(2)13-8-6-11(7-9-13)15(19)16-14-5-3-4-12(14)10-18/h6-9,12,14,18H,3-5,10H2,1-2H3,(H,16,19). The number of hydrogen-bond donors (Lipinski definition) is 2. The maximum atomic E-state index is 12.1.